The molecule has 2 atom stereocenters. The number of nitrogens with zero attached hydrogens (tertiary/aromatic N) is 4. The molecule has 1 unspecified atom stereocenters. The average molecular weight is 701 g/mol. The molecule has 1 aliphatic rings. The van der Waals surface area contributed by atoms with Crippen LogP contribution in [-0.4, -0.2) is 23.0 Å². The van der Waals surface area contributed by atoms with Gasteiger partial charge in [-0.1, -0.05) is 134 Å². The Morgan fingerprint density at radius 2 is 1.39 bits per heavy atom. The molecule has 262 valence electrons. The fourth-order valence-electron chi connectivity index (χ4n) is 8.06. The zero-order chi connectivity index (χ0) is 36.4. The van der Waals surface area contributed by atoms with Gasteiger partial charge in [-0.2, -0.15) is 0 Å². The third-order valence-corrected chi connectivity index (χ3v) is 10.6. The molecule has 54 heavy (non-hydrogen) atoms. The van der Waals surface area contributed by atoms with Crippen molar-refractivity contribution in [3.8, 4) is 5.69 Å². The van der Waals surface area contributed by atoms with Crippen LogP contribution in [-0.2, 0) is 6.54 Å². The largest absolute Gasteiger partial charge is 0.456 e. The van der Waals surface area contributed by atoms with Crippen LogP contribution in [0.15, 0.2) is 183 Å². The van der Waals surface area contributed by atoms with Crippen LogP contribution in [0, 0.1) is 0 Å². The molecule has 0 N–H and O–H groups in total. The molecule has 0 radical (unpaired) electrons. The Morgan fingerprint density at radius 1 is 0.704 bits per heavy atom. The SMILES string of the molecule is C=N/C(=N\C(=N/Cc1ccccc1)c1ccc2c(c1)oc1cc(-n3c4c(c5ccccc53)C(c3ccccc3)CC/C=C\[C@@H]4C)ccc12)c1ccccc1. The predicted molar refractivity (Wildman–Crippen MR) is 225 cm³/mol. The summed E-state index contributed by atoms with van der Waals surface area (Å²) >= 11 is 0. The van der Waals surface area contributed by atoms with E-state index in [4.69, 9.17) is 14.4 Å². The second-order valence-corrected chi connectivity index (χ2v) is 14.0. The number of hydrogen-bond donors (Lipinski definition) is 0. The van der Waals surface area contributed by atoms with Crippen molar-refractivity contribution in [2.45, 2.75) is 38.1 Å². The second-order valence-electron chi connectivity index (χ2n) is 14.0. The van der Waals surface area contributed by atoms with E-state index in [2.05, 4.69) is 132 Å². The first-order valence-electron chi connectivity index (χ1n) is 18.7. The molecule has 1 aliphatic carbocycles. The summed E-state index contributed by atoms with van der Waals surface area (Å²) in [4.78, 5) is 14.3. The summed E-state index contributed by atoms with van der Waals surface area (Å²) in [6, 6.07) is 52.8. The molecular formula is C49H40N4O. The Balaban J connectivity index is 1.18. The van der Waals surface area contributed by atoms with Gasteiger partial charge in [-0.05, 0) is 66.6 Å². The maximum Gasteiger partial charge on any atom is 0.161 e. The van der Waals surface area contributed by atoms with E-state index in [0.29, 0.717) is 24.1 Å². The van der Waals surface area contributed by atoms with Crippen molar-refractivity contribution in [3.05, 3.63) is 197 Å². The summed E-state index contributed by atoms with van der Waals surface area (Å²) < 4.78 is 9.18. The summed E-state index contributed by atoms with van der Waals surface area (Å²) in [6.07, 6.45) is 6.86. The number of rotatable bonds is 6. The number of hydrogen-bond acceptors (Lipinski definition) is 2. The van der Waals surface area contributed by atoms with Crippen molar-refractivity contribution in [2.75, 3.05) is 0 Å². The summed E-state index contributed by atoms with van der Waals surface area (Å²) in [6.45, 7) is 6.63. The van der Waals surface area contributed by atoms with Gasteiger partial charge in [0.1, 0.15) is 11.2 Å². The van der Waals surface area contributed by atoms with Gasteiger partial charge < -0.3 is 8.98 Å². The van der Waals surface area contributed by atoms with Crippen molar-refractivity contribution in [2.24, 2.45) is 15.0 Å². The van der Waals surface area contributed by atoms with E-state index >= 15 is 0 Å². The molecule has 0 fully saturated rings. The highest BCUT2D eigenvalue weighted by atomic mass is 16.3. The van der Waals surface area contributed by atoms with Gasteiger partial charge in [-0.3, -0.25) is 4.99 Å². The van der Waals surface area contributed by atoms with Gasteiger partial charge in [-0.15, -0.1) is 0 Å². The van der Waals surface area contributed by atoms with Gasteiger partial charge in [-0.25, -0.2) is 9.98 Å². The van der Waals surface area contributed by atoms with Crippen molar-refractivity contribution in [3.63, 3.8) is 0 Å². The quantitative estimate of drug-likeness (QED) is 0.0968. The van der Waals surface area contributed by atoms with Gasteiger partial charge >= 0.3 is 0 Å². The fraction of sp³-hybridized carbons (Fsp3) is 0.122. The summed E-state index contributed by atoms with van der Waals surface area (Å²) in [7, 11) is 0. The molecule has 9 rings (SSSR count). The zero-order valence-corrected chi connectivity index (χ0v) is 30.3. The standard InChI is InChI=1S/C49H40N4O/c1-33-16-12-13-23-39(35-19-8-4-9-20-35)46-42-24-14-15-25-43(42)53(47(33)46)38-27-29-41-40-28-26-37(30-44(40)54-45(41)31-38)49(51-32-34-17-6-3-7-18-34)52-48(50-2)36-21-10-5-11-22-36/h3-12,14-22,24-31,33,39H,2,13,23,32H2,1H3/b16-12-,51-49-,52-48-/t33-,39?/m0/s1. The minimum Gasteiger partial charge on any atom is -0.456 e. The van der Waals surface area contributed by atoms with Crippen LogP contribution in [0.1, 0.15) is 65.1 Å². The molecule has 0 saturated carbocycles. The Morgan fingerprint density at radius 3 is 2.17 bits per heavy atom. The normalized spacial score (nSPS) is 17.0. The minimum absolute atomic E-state index is 0.229. The zero-order valence-electron chi connectivity index (χ0n) is 30.3. The summed E-state index contributed by atoms with van der Waals surface area (Å²) in [5.41, 5.74) is 10.9. The summed E-state index contributed by atoms with van der Waals surface area (Å²) in [5, 5.41) is 3.42. The Hall–Kier alpha value is -6.59. The molecule has 0 spiro atoms. The minimum atomic E-state index is 0.229. The van der Waals surface area contributed by atoms with Crippen LogP contribution < -0.4 is 0 Å². The molecule has 8 aromatic rings. The van der Waals surface area contributed by atoms with Crippen LogP contribution in [0.5, 0.6) is 0 Å². The molecule has 6 aromatic carbocycles. The topological polar surface area (TPSA) is 55.1 Å². The monoisotopic (exact) mass is 700 g/mol. The molecule has 2 aromatic heterocycles. The number of allylic oxidation sites excluding steroid dienone is 2. The number of furan rings is 1. The smallest absolute Gasteiger partial charge is 0.161 e. The van der Waals surface area contributed by atoms with Crippen LogP contribution in [0.4, 0.5) is 0 Å². The lowest BCUT2D eigenvalue weighted by atomic mass is 9.82. The van der Waals surface area contributed by atoms with Gasteiger partial charge in [0.15, 0.2) is 11.7 Å². The molecule has 5 nitrogen and oxygen atoms in total. The number of para-hydroxylation sites is 1. The predicted octanol–water partition coefficient (Wildman–Crippen LogP) is 12.2. The van der Waals surface area contributed by atoms with Crippen LogP contribution >= 0.6 is 0 Å². The van der Waals surface area contributed by atoms with E-state index in [1.54, 1.807) is 0 Å². The number of aliphatic imine (C=N–C) groups is 3. The highest BCUT2D eigenvalue weighted by molar-refractivity contribution is 6.14. The van der Waals surface area contributed by atoms with Gasteiger partial charge in [0.2, 0.25) is 0 Å². The molecular weight excluding hydrogens is 661 g/mol. The van der Waals surface area contributed by atoms with E-state index in [-0.39, 0.29) is 5.92 Å². The maximum atomic E-state index is 6.71. The highest BCUT2D eigenvalue weighted by Gasteiger charge is 2.29. The van der Waals surface area contributed by atoms with Gasteiger partial charge in [0.25, 0.3) is 0 Å². The third kappa shape index (κ3) is 6.18. The van der Waals surface area contributed by atoms with Crippen molar-refractivity contribution < 1.29 is 4.42 Å². The van der Waals surface area contributed by atoms with Crippen LogP contribution in [0.3, 0.4) is 0 Å². The van der Waals surface area contributed by atoms with Gasteiger partial charge in [0.05, 0.1) is 12.1 Å². The lowest BCUT2D eigenvalue weighted by Gasteiger charge is -2.24. The average Bonchev–Trinajstić information content (AvgIpc) is 3.76. The van der Waals surface area contributed by atoms with Gasteiger partial charge in [0, 0.05) is 56.6 Å². The fourth-order valence-corrected chi connectivity index (χ4v) is 8.06. The first-order chi connectivity index (χ1) is 26.7. The Labute approximate surface area is 315 Å². The Kier molecular flexibility index (Phi) is 8.89. The third-order valence-electron chi connectivity index (χ3n) is 10.6. The second kappa shape index (κ2) is 14.4. The van der Waals surface area contributed by atoms with Crippen LogP contribution in [0.25, 0.3) is 38.5 Å². The van der Waals surface area contributed by atoms with E-state index < -0.39 is 0 Å². The lowest BCUT2D eigenvalue weighted by Crippen LogP contribution is -2.10. The summed E-state index contributed by atoms with van der Waals surface area (Å²) in [5.74, 6) is 1.62. The van der Waals surface area contributed by atoms with E-state index in [1.165, 1.54) is 27.7 Å². The first kappa shape index (κ1) is 33.3. The molecule has 2 heterocycles. The lowest BCUT2D eigenvalue weighted by molar-refractivity contribution is 0.668. The molecule has 0 amide bonds. The Bertz CT molecular complexity index is 2720. The number of aromatic nitrogens is 1. The molecule has 0 saturated heterocycles. The molecule has 0 aliphatic heterocycles. The highest BCUT2D eigenvalue weighted by Crippen LogP contribution is 2.44. The number of fused-ring (bicyclic) bond motifs is 6. The van der Waals surface area contributed by atoms with Crippen molar-refractivity contribution >= 4 is 51.2 Å². The van der Waals surface area contributed by atoms with E-state index in [9.17, 15) is 0 Å². The number of benzene rings is 6. The van der Waals surface area contributed by atoms with E-state index in [0.717, 1.165) is 57.2 Å². The van der Waals surface area contributed by atoms with Crippen LogP contribution in [0.2, 0.25) is 0 Å². The van der Waals surface area contributed by atoms with Crippen molar-refractivity contribution in [1.29, 1.82) is 0 Å². The van der Waals surface area contributed by atoms with Crippen molar-refractivity contribution in [1.82, 2.24) is 4.57 Å². The molecule has 0 bridgehead atoms. The maximum absolute atomic E-state index is 6.71. The molecule has 5 heteroatoms. The first-order valence-corrected chi connectivity index (χ1v) is 18.7. The van der Waals surface area contributed by atoms with E-state index in [1.807, 2.05) is 54.6 Å². The number of amidine groups is 2.